The minimum Gasteiger partial charge on any atom is -0.298 e. The quantitative estimate of drug-likeness (QED) is 0.518. The molecule has 31 heavy (non-hydrogen) atoms. The molecule has 4 rings (SSSR count). The standard InChI is InChI=1S/C21H12F5N3OS/c22-13-6-2-7-14(23)16(13)19(30)29-20-28-17(15-8-3-9-27-15)18(31-20)11-4-1-5-12(10-11)21(24,25)26/h1-8,10H,9H2,(H,28,29,30). The average molecular weight is 449 g/mol. The Hall–Kier alpha value is -3.40. The highest BCUT2D eigenvalue weighted by molar-refractivity contribution is 7.19. The second-order valence-corrected chi connectivity index (χ2v) is 7.45. The fourth-order valence-electron chi connectivity index (χ4n) is 2.98. The highest BCUT2D eigenvalue weighted by Crippen LogP contribution is 2.38. The molecule has 0 saturated carbocycles. The van der Waals surface area contributed by atoms with E-state index in [1.807, 2.05) is 0 Å². The predicted molar refractivity (Wildman–Crippen MR) is 107 cm³/mol. The number of aliphatic imine (C=N–C) groups is 1. The van der Waals surface area contributed by atoms with Gasteiger partial charge in [-0.3, -0.25) is 15.1 Å². The van der Waals surface area contributed by atoms with Crippen molar-refractivity contribution in [1.82, 2.24) is 4.98 Å². The molecule has 0 unspecified atom stereocenters. The zero-order valence-corrected chi connectivity index (χ0v) is 16.3. The number of aromatic nitrogens is 1. The maximum absolute atomic E-state index is 13.9. The van der Waals surface area contributed by atoms with Gasteiger partial charge in [0.05, 0.1) is 22.7 Å². The van der Waals surface area contributed by atoms with Gasteiger partial charge in [-0.05, 0) is 35.9 Å². The summed E-state index contributed by atoms with van der Waals surface area (Å²) >= 11 is 0.883. The van der Waals surface area contributed by atoms with Gasteiger partial charge in [0.2, 0.25) is 0 Å². The molecule has 0 atom stereocenters. The van der Waals surface area contributed by atoms with E-state index < -0.39 is 34.8 Å². The van der Waals surface area contributed by atoms with Gasteiger partial charge >= 0.3 is 6.18 Å². The normalized spacial score (nSPS) is 13.4. The Bertz CT molecular complexity index is 1210. The van der Waals surface area contributed by atoms with Crippen molar-refractivity contribution >= 4 is 28.1 Å². The van der Waals surface area contributed by atoms with Crippen molar-refractivity contribution < 1.29 is 26.7 Å². The third-order valence-corrected chi connectivity index (χ3v) is 5.39. The minimum absolute atomic E-state index is 0.0296. The van der Waals surface area contributed by atoms with Crippen LogP contribution in [-0.2, 0) is 6.18 Å². The number of carbonyl (C=O) groups is 1. The van der Waals surface area contributed by atoms with Crippen molar-refractivity contribution in [2.45, 2.75) is 6.18 Å². The molecule has 1 amide bonds. The average Bonchev–Trinajstić information content (AvgIpc) is 3.37. The molecule has 10 heteroatoms. The SMILES string of the molecule is O=C(Nc1nc(C2=NCC=C2)c(-c2cccc(C(F)(F)F)c2)s1)c1c(F)cccc1F. The highest BCUT2D eigenvalue weighted by Gasteiger charge is 2.31. The van der Waals surface area contributed by atoms with Gasteiger partial charge in [0.1, 0.15) is 22.9 Å². The predicted octanol–water partition coefficient (Wildman–Crippen LogP) is 5.72. The van der Waals surface area contributed by atoms with Crippen LogP contribution >= 0.6 is 11.3 Å². The molecule has 4 nitrogen and oxygen atoms in total. The van der Waals surface area contributed by atoms with Crippen molar-refractivity contribution in [3.8, 4) is 10.4 Å². The van der Waals surface area contributed by atoms with Gasteiger partial charge in [-0.15, -0.1) is 0 Å². The van der Waals surface area contributed by atoms with E-state index >= 15 is 0 Å². The van der Waals surface area contributed by atoms with Gasteiger partial charge in [0, 0.05) is 0 Å². The number of hydrogen-bond acceptors (Lipinski definition) is 4. The molecule has 0 aliphatic carbocycles. The maximum Gasteiger partial charge on any atom is 0.416 e. The Morgan fingerprint density at radius 1 is 1.06 bits per heavy atom. The molecule has 2 heterocycles. The van der Waals surface area contributed by atoms with E-state index in [4.69, 9.17) is 0 Å². The summed E-state index contributed by atoms with van der Waals surface area (Å²) in [5.74, 6) is -3.15. The van der Waals surface area contributed by atoms with Crippen LogP contribution < -0.4 is 5.32 Å². The lowest BCUT2D eigenvalue weighted by atomic mass is 10.1. The number of rotatable bonds is 4. The van der Waals surface area contributed by atoms with Crippen LogP contribution in [0, 0.1) is 11.6 Å². The van der Waals surface area contributed by atoms with Gasteiger partial charge < -0.3 is 0 Å². The van der Waals surface area contributed by atoms with Crippen molar-refractivity contribution in [1.29, 1.82) is 0 Å². The lowest BCUT2D eigenvalue weighted by Gasteiger charge is -2.08. The first-order chi connectivity index (χ1) is 14.7. The van der Waals surface area contributed by atoms with E-state index in [0.29, 0.717) is 17.1 Å². The Morgan fingerprint density at radius 3 is 2.42 bits per heavy atom. The van der Waals surface area contributed by atoms with E-state index in [-0.39, 0.29) is 16.4 Å². The summed E-state index contributed by atoms with van der Waals surface area (Å²) < 4.78 is 67.3. The van der Waals surface area contributed by atoms with Crippen LogP contribution in [0.15, 0.2) is 59.6 Å². The van der Waals surface area contributed by atoms with Crippen LogP contribution in [0.2, 0.25) is 0 Å². The summed E-state index contributed by atoms with van der Waals surface area (Å²) in [7, 11) is 0. The van der Waals surface area contributed by atoms with E-state index in [2.05, 4.69) is 15.3 Å². The molecule has 0 saturated heterocycles. The highest BCUT2D eigenvalue weighted by atomic mass is 32.1. The Balaban J connectivity index is 1.75. The van der Waals surface area contributed by atoms with Gasteiger partial charge in [0.15, 0.2) is 5.13 Å². The van der Waals surface area contributed by atoms with Crippen LogP contribution in [0.25, 0.3) is 10.4 Å². The fraction of sp³-hybridized carbons (Fsp3) is 0.0952. The van der Waals surface area contributed by atoms with Gasteiger partial charge in [-0.25, -0.2) is 13.8 Å². The summed E-state index contributed by atoms with van der Waals surface area (Å²) in [6.07, 6.45) is -1.13. The monoisotopic (exact) mass is 449 g/mol. The third-order valence-electron chi connectivity index (χ3n) is 4.37. The van der Waals surface area contributed by atoms with E-state index in [1.165, 1.54) is 12.1 Å². The van der Waals surface area contributed by atoms with Gasteiger partial charge in [0.25, 0.3) is 5.91 Å². The van der Waals surface area contributed by atoms with E-state index in [0.717, 1.165) is 41.7 Å². The number of alkyl halides is 3. The second kappa shape index (κ2) is 8.03. The van der Waals surface area contributed by atoms with Crippen LogP contribution in [0.5, 0.6) is 0 Å². The smallest absolute Gasteiger partial charge is 0.298 e. The molecular weight excluding hydrogens is 437 g/mol. The lowest BCUT2D eigenvalue weighted by molar-refractivity contribution is -0.137. The number of amides is 1. The van der Waals surface area contributed by atoms with Crippen LogP contribution in [0.1, 0.15) is 21.6 Å². The number of thiazole rings is 1. The minimum atomic E-state index is -4.54. The molecule has 158 valence electrons. The zero-order chi connectivity index (χ0) is 22.2. The number of hydrogen-bond donors (Lipinski definition) is 1. The number of anilines is 1. The summed E-state index contributed by atoms with van der Waals surface area (Å²) in [5.41, 5.74) is -0.697. The molecule has 1 aliphatic rings. The topological polar surface area (TPSA) is 54.4 Å². The van der Waals surface area contributed by atoms with Crippen molar-refractivity contribution in [3.05, 3.63) is 83.1 Å². The van der Waals surface area contributed by atoms with Crippen LogP contribution in [0.3, 0.4) is 0 Å². The molecule has 3 aromatic rings. The van der Waals surface area contributed by atoms with Crippen LogP contribution in [-0.4, -0.2) is 23.1 Å². The molecule has 0 fully saturated rings. The first-order valence-electron chi connectivity index (χ1n) is 8.89. The van der Waals surface area contributed by atoms with Gasteiger partial charge in [-0.1, -0.05) is 35.6 Å². The van der Waals surface area contributed by atoms with E-state index in [1.54, 1.807) is 12.2 Å². The number of carbonyl (C=O) groups excluding carboxylic acids is 1. The number of halogens is 5. The number of nitrogens with one attached hydrogen (secondary N) is 1. The number of nitrogens with zero attached hydrogens (tertiary/aromatic N) is 2. The molecule has 1 N–H and O–H groups in total. The Kier molecular flexibility index (Phi) is 5.40. The molecule has 1 aliphatic heterocycles. The first kappa shape index (κ1) is 20.9. The molecular formula is C21H12F5N3OS. The van der Waals surface area contributed by atoms with Gasteiger partial charge in [-0.2, -0.15) is 13.2 Å². The number of benzene rings is 2. The maximum atomic E-state index is 13.9. The van der Waals surface area contributed by atoms with Crippen LogP contribution in [0.4, 0.5) is 27.1 Å². The first-order valence-corrected chi connectivity index (χ1v) is 9.71. The van der Waals surface area contributed by atoms with Crippen molar-refractivity contribution in [2.24, 2.45) is 4.99 Å². The summed E-state index contributed by atoms with van der Waals surface area (Å²) in [6, 6.07) is 7.67. The van der Waals surface area contributed by atoms with Crippen molar-refractivity contribution in [2.75, 3.05) is 11.9 Å². The summed E-state index contributed by atoms with van der Waals surface area (Å²) in [4.78, 5) is 21.2. The lowest BCUT2D eigenvalue weighted by Crippen LogP contribution is -2.15. The zero-order valence-electron chi connectivity index (χ0n) is 15.5. The Morgan fingerprint density at radius 2 is 1.77 bits per heavy atom. The van der Waals surface area contributed by atoms with E-state index in [9.17, 15) is 26.7 Å². The fourth-order valence-corrected chi connectivity index (χ4v) is 3.94. The molecule has 2 aromatic carbocycles. The Labute approximate surface area is 176 Å². The third kappa shape index (κ3) is 4.24. The molecule has 0 spiro atoms. The number of allylic oxidation sites excluding steroid dienone is 1. The summed E-state index contributed by atoms with van der Waals surface area (Å²) in [6.45, 7) is 0.386. The summed E-state index contributed by atoms with van der Waals surface area (Å²) in [5, 5.41) is 2.30. The van der Waals surface area contributed by atoms with Crippen molar-refractivity contribution in [3.63, 3.8) is 0 Å². The second-order valence-electron chi connectivity index (χ2n) is 6.45. The molecule has 1 aromatic heterocycles. The molecule has 0 radical (unpaired) electrons. The molecule has 0 bridgehead atoms. The largest absolute Gasteiger partial charge is 0.416 e.